The van der Waals surface area contributed by atoms with Crippen LogP contribution < -0.4 is 10.1 Å². The van der Waals surface area contributed by atoms with E-state index in [-0.39, 0.29) is 29.6 Å². The van der Waals surface area contributed by atoms with Gasteiger partial charge in [-0.2, -0.15) is 0 Å². The number of likely N-dealkylation sites (tertiary alicyclic amines) is 1. The standard InChI is InChI=1S/C23H25ClN2O6/c1-11(2)20(26-21(28)18-12-4-5-13(8-12)19(18)22(26)29)23(30)32-10-17(27)25-15-9-14(24)6-7-16(15)31-3/h4-7,9,11-13,18-20H,8,10H2,1-3H3,(H,25,27)/t12-,13-,18+,19+,20-/m0/s1. The van der Waals surface area contributed by atoms with Crippen molar-refractivity contribution < 1.29 is 28.7 Å². The van der Waals surface area contributed by atoms with Gasteiger partial charge in [-0.1, -0.05) is 37.6 Å². The minimum absolute atomic E-state index is 0.0498. The number of ether oxygens (including phenoxy) is 2. The van der Waals surface area contributed by atoms with Crippen LogP contribution in [0, 0.1) is 29.6 Å². The van der Waals surface area contributed by atoms with Crippen molar-refractivity contribution in [3.8, 4) is 5.75 Å². The van der Waals surface area contributed by atoms with Gasteiger partial charge < -0.3 is 14.8 Å². The van der Waals surface area contributed by atoms with Crippen molar-refractivity contribution in [1.82, 2.24) is 4.90 Å². The lowest BCUT2D eigenvalue weighted by Gasteiger charge is -2.28. The van der Waals surface area contributed by atoms with E-state index in [1.807, 2.05) is 12.2 Å². The summed E-state index contributed by atoms with van der Waals surface area (Å²) >= 11 is 5.96. The maximum Gasteiger partial charge on any atom is 0.330 e. The zero-order valence-electron chi connectivity index (χ0n) is 18.0. The second kappa shape index (κ2) is 8.58. The molecule has 0 aromatic heterocycles. The van der Waals surface area contributed by atoms with E-state index >= 15 is 0 Å². The highest BCUT2D eigenvalue weighted by molar-refractivity contribution is 6.31. The Balaban J connectivity index is 1.42. The minimum Gasteiger partial charge on any atom is -0.495 e. The van der Waals surface area contributed by atoms with Crippen LogP contribution in [0.2, 0.25) is 5.02 Å². The van der Waals surface area contributed by atoms with Gasteiger partial charge in [0, 0.05) is 5.02 Å². The van der Waals surface area contributed by atoms with E-state index in [0.29, 0.717) is 16.5 Å². The number of hydrogen-bond acceptors (Lipinski definition) is 6. The molecule has 1 aromatic carbocycles. The summed E-state index contributed by atoms with van der Waals surface area (Å²) in [5.74, 6) is -2.68. The number of fused-ring (bicyclic) bond motifs is 5. The smallest absolute Gasteiger partial charge is 0.330 e. The lowest BCUT2D eigenvalue weighted by atomic mass is 9.85. The Morgan fingerprint density at radius 2 is 1.78 bits per heavy atom. The third-order valence-electron chi connectivity index (χ3n) is 6.44. The molecule has 1 aliphatic heterocycles. The molecule has 1 heterocycles. The van der Waals surface area contributed by atoms with Crippen molar-refractivity contribution in [2.24, 2.45) is 29.6 Å². The van der Waals surface area contributed by atoms with Crippen LogP contribution in [0.5, 0.6) is 5.75 Å². The lowest BCUT2D eigenvalue weighted by molar-refractivity contribution is -0.162. The second-order valence-corrected chi connectivity index (χ2v) is 9.17. The molecule has 1 N–H and O–H groups in total. The van der Waals surface area contributed by atoms with Gasteiger partial charge in [0.15, 0.2) is 6.61 Å². The minimum atomic E-state index is -1.08. The van der Waals surface area contributed by atoms with Gasteiger partial charge in [0.2, 0.25) is 11.8 Å². The predicted octanol–water partition coefficient (Wildman–Crippen LogP) is 2.66. The summed E-state index contributed by atoms with van der Waals surface area (Å²) in [7, 11) is 1.45. The number of nitrogens with zero attached hydrogens (tertiary/aromatic N) is 1. The fraction of sp³-hybridized carbons (Fsp3) is 0.478. The molecular weight excluding hydrogens is 436 g/mol. The number of nitrogens with one attached hydrogen (secondary N) is 1. The zero-order valence-corrected chi connectivity index (χ0v) is 18.8. The number of carbonyl (C=O) groups is 4. The number of carbonyl (C=O) groups excluding carboxylic acids is 4. The molecule has 2 bridgehead atoms. The van der Waals surface area contributed by atoms with Crippen LogP contribution in [0.3, 0.4) is 0 Å². The average Bonchev–Trinajstić information content (AvgIpc) is 3.42. The molecule has 1 saturated carbocycles. The number of hydrogen-bond donors (Lipinski definition) is 1. The molecule has 0 radical (unpaired) electrons. The Kier molecular flexibility index (Phi) is 5.99. The van der Waals surface area contributed by atoms with Crippen LogP contribution in [-0.2, 0) is 23.9 Å². The number of amides is 3. The van der Waals surface area contributed by atoms with Gasteiger partial charge in [0.05, 0.1) is 24.6 Å². The Morgan fingerprint density at radius 1 is 1.16 bits per heavy atom. The monoisotopic (exact) mass is 460 g/mol. The summed E-state index contributed by atoms with van der Waals surface area (Å²) in [5, 5.41) is 2.98. The number of rotatable bonds is 7. The van der Waals surface area contributed by atoms with Gasteiger partial charge >= 0.3 is 5.97 Å². The highest BCUT2D eigenvalue weighted by atomic mass is 35.5. The molecule has 32 heavy (non-hydrogen) atoms. The van der Waals surface area contributed by atoms with E-state index in [4.69, 9.17) is 21.1 Å². The fourth-order valence-electron chi connectivity index (χ4n) is 5.06. The van der Waals surface area contributed by atoms with E-state index in [2.05, 4.69) is 5.32 Å². The molecule has 170 valence electrons. The topological polar surface area (TPSA) is 102 Å². The quantitative estimate of drug-likeness (QED) is 0.381. The van der Waals surface area contributed by atoms with Crippen LogP contribution in [0.15, 0.2) is 30.4 Å². The maximum absolute atomic E-state index is 13.1. The summed E-state index contributed by atoms with van der Waals surface area (Å²) in [4.78, 5) is 52.5. The Hall–Kier alpha value is -2.87. The van der Waals surface area contributed by atoms with Crippen LogP contribution in [0.1, 0.15) is 20.3 Å². The molecule has 2 aliphatic carbocycles. The number of halogens is 1. The van der Waals surface area contributed by atoms with Crippen molar-refractivity contribution >= 4 is 41.0 Å². The molecular formula is C23H25ClN2O6. The summed E-state index contributed by atoms with van der Waals surface area (Å²) in [6.45, 7) is 2.91. The van der Waals surface area contributed by atoms with Gasteiger partial charge in [-0.25, -0.2) is 4.79 Å². The summed E-state index contributed by atoms with van der Waals surface area (Å²) in [6.07, 6.45) is 4.81. The number of imide groups is 1. The lowest BCUT2D eigenvalue weighted by Crippen LogP contribution is -2.50. The Bertz CT molecular complexity index is 976. The van der Waals surface area contributed by atoms with E-state index in [0.717, 1.165) is 11.3 Å². The molecule has 1 saturated heterocycles. The van der Waals surface area contributed by atoms with Crippen molar-refractivity contribution in [3.63, 3.8) is 0 Å². The first-order valence-corrected chi connectivity index (χ1v) is 11.0. The van der Waals surface area contributed by atoms with Gasteiger partial charge in [0.25, 0.3) is 5.91 Å². The number of allylic oxidation sites excluding steroid dienone is 2. The van der Waals surface area contributed by atoms with Gasteiger partial charge in [-0.05, 0) is 42.4 Å². The second-order valence-electron chi connectivity index (χ2n) is 8.74. The molecule has 8 nitrogen and oxygen atoms in total. The summed E-state index contributed by atoms with van der Waals surface area (Å²) in [5.41, 5.74) is 0.335. The van der Waals surface area contributed by atoms with Gasteiger partial charge in [0.1, 0.15) is 11.8 Å². The Labute approximate surface area is 190 Å². The predicted molar refractivity (Wildman–Crippen MR) is 116 cm³/mol. The molecule has 0 spiro atoms. The van der Waals surface area contributed by atoms with Crippen LogP contribution in [0.25, 0.3) is 0 Å². The molecule has 4 rings (SSSR count). The number of methoxy groups -OCH3 is 1. The van der Waals surface area contributed by atoms with Crippen molar-refractivity contribution in [3.05, 3.63) is 35.4 Å². The molecule has 9 heteroatoms. The average molecular weight is 461 g/mol. The number of esters is 1. The van der Waals surface area contributed by atoms with Crippen molar-refractivity contribution in [1.29, 1.82) is 0 Å². The zero-order chi connectivity index (χ0) is 23.2. The van der Waals surface area contributed by atoms with Gasteiger partial charge in [-0.3, -0.25) is 19.3 Å². The highest BCUT2D eigenvalue weighted by Gasteiger charge is 2.61. The number of anilines is 1. The molecule has 0 unspecified atom stereocenters. The molecule has 2 fully saturated rings. The summed E-state index contributed by atoms with van der Waals surface area (Å²) in [6, 6.07) is 3.65. The first-order chi connectivity index (χ1) is 15.2. The maximum atomic E-state index is 13.1. The van der Waals surface area contributed by atoms with E-state index in [1.54, 1.807) is 26.0 Å². The van der Waals surface area contributed by atoms with Crippen LogP contribution in [-0.4, -0.2) is 48.3 Å². The van der Waals surface area contributed by atoms with Crippen molar-refractivity contribution in [2.45, 2.75) is 26.3 Å². The van der Waals surface area contributed by atoms with Crippen molar-refractivity contribution in [2.75, 3.05) is 19.0 Å². The third kappa shape index (κ3) is 3.77. The number of benzene rings is 1. The first kappa shape index (κ1) is 22.3. The van der Waals surface area contributed by atoms with Crippen LogP contribution >= 0.6 is 11.6 Å². The Morgan fingerprint density at radius 3 is 2.34 bits per heavy atom. The normalized spacial score (nSPS) is 26.5. The van der Waals surface area contributed by atoms with Crippen LogP contribution in [0.4, 0.5) is 5.69 Å². The summed E-state index contributed by atoms with van der Waals surface area (Å²) < 4.78 is 10.4. The van der Waals surface area contributed by atoms with E-state index < -0.39 is 36.4 Å². The molecule has 5 atom stereocenters. The van der Waals surface area contributed by atoms with E-state index in [9.17, 15) is 19.2 Å². The molecule has 3 aliphatic rings. The first-order valence-electron chi connectivity index (χ1n) is 10.6. The fourth-order valence-corrected chi connectivity index (χ4v) is 5.23. The molecule has 3 amide bonds. The molecule has 1 aromatic rings. The van der Waals surface area contributed by atoms with E-state index in [1.165, 1.54) is 13.2 Å². The largest absolute Gasteiger partial charge is 0.495 e. The third-order valence-corrected chi connectivity index (χ3v) is 6.67. The van der Waals surface area contributed by atoms with Gasteiger partial charge in [-0.15, -0.1) is 0 Å². The highest BCUT2D eigenvalue weighted by Crippen LogP contribution is 2.53. The SMILES string of the molecule is COc1ccc(Cl)cc1NC(=O)COC(=O)[C@H](C(C)C)N1C(=O)[C@H]2[C@H](C1=O)[C@H]1C=C[C@H]2C1.